The SMILES string of the molecule is c1cc2cnc3cc(CN4CCCCC4)ccc3n2c1. The van der Waals surface area contributed by atoms with Crippen LogP contribution >= 0.6 is 0 Å². The van der Waals surface area contributed by atoms with Gasteiger partial charge in [-0.15, -0.1) is 0 Å². The number of fused-ring (bicyclic) bond motifs is 3. The van der Waals surface area contributed by atoms with Crippen molar-refractivity contribution in [2.45, 2.75) is 25.8 Å². The van der Waals surface area contributed by atoms with Gasteiger partial charge in [-0.25, -0.2) is 0 Å². The highest BCUT2D eigenvalue weighted by Crippen LogP contribution is 2.19. The molecule has 1 fully saturated rings. The van der Waals surface area contributed by atoms with E-state index in [1.54, 1.807) is 0 Å². The van der Waals surface area contributed by atoms with E-state index < -0.39 is 0 Å². The molecule has 1 aliphatic heterocycles. The number of benzene rings is 1. The van der Waals surface area contributed by atoms with Gasteiger partial charge < -0.3 is 4.40 Å². The van der Waals surface area contributed by atoms with E-state index in [2.05, 4.69) is 50.8 Å². The minimum Gasteiger partial charge on any atom is -0.314 e. The van der Waals surface area contributed by atoms with Crippen molar-refractivity contribution in [2.75, 3.05) is 13.1 Å². The molecule has 1 saturated heterocycles. The number of hydrogen-bond acceptors (Lipinski definition) is 2. The van der Waals surface area contributed by atoms with Gasteiger partial charge in [0, 0.05) is 12.7 Å². The van der Waals surface area contributed by atoms with Crippen molar-refractivity contribution in [3.63, 3.8) is 0 Å². The maximum atomic E-state index is 4.60. The summed E-state index contributed by atoms with van der Waals surface area (Å²) in [5.74, 6) is 0. The van der Waals surface area contributed by atoms with Crippen molar-refractivity contribution in [3.05, 3.63) is 48.3 Å². The maximum absolute atomic E-state index is 4.60. The smallest absolute Gasteiger partial charge is 0.0874 e. The van der Waals surface area contributed by atoms with E-state index in [-0.39, 0.29) is 0 Å². The molecular weight excluding hydrogens is 246 g/mol. The third kappa shape index (κ3) is 2.08. The van der Waals surface area contributed by atoms with Crippen LogP contribution < -0.4 is 0 Å². The fourth-order valence-corrected chi connectivity index (χ4v) is 3.20. The summed E-state index contributed by atoms with van der Waals surface area (Å²) in [6.07, 6.45) is 8.13. The lowest BCUT2D eigenvalue weighted by Crippen LogP contribution is -2.29. The Labute approximate surface area is 118 Å². The molecule has 0 radical (unpaired) electrons. The monoisotopic (exact) mass is 265 g/mol. The summed E-state index contributed by atoms with van der Waals surface area (Å²) in [5, 5.41) is 0. The molecule has 1 aliphatic rings. The van der Waals surface area contributed by atoms with Crippen LogP contribution in [0, 0.1) is 0 Å². The Morgan fingerprint density at radius 3 is 2.85 bits per heavy atom. The number of nitrogens with zero attached hydrogens (tertiary/aromatic N) is 3. The highest BCUT2D eigenvalue weighted by molar-refractivity contribution is 5.78. The van der Waals surface area contributed by atoms with E-state index in [1.807, 2.05) is 6.20 Å². The van der Waals surface area contributed by atoms with Gasteiger partial charge in [-0.1, -0.05) is 12.5 Å². The molecule has 0 bridgehead atoms. The van der Waals surface area contributed by atoms with Crippen LogP contribution in [0.2, 0.25) is 0 Å². The molecule has 0 aliphatic carbocycles. The number of aromatic nitrogens is 2. The molecule has 3 heteroatoms. The second kappa shape index (κ2) is 4.91. The highest BCUT2D eigenvalue weighted by Gasteiger charge is 2.11. The summed E-state index contributed by atoms with van der Waals surface area (Å²) in [6, 6.07) is 10.8. The second-order valence-electron chi connectivity index (χ2n) is 5.72. The molecule has 0 amide bonds. The van der Waals surface area contributed by atoms with E-state index in [1.165, 1.54) is 43.4 Å². The van der Waals surface area contributed by atoms with Crippen molar-refractivity contribution < 1.29 is 0 Å². The standard InChI is InChI=1S/C17H19N3/c1-2-8-19(9-3-1)13-14-6-7-17-16(11-14)18-12-15-5-4-10-20(15)17/h4-7,10-12H,1-3,8-9,13H2. The summed E-state index contributed by atoms with van der Waals surface area (Å²) in [7, 11) is 0. The molecule has 4 rings (SSSR count). The first-order chi connectivity index (χ1) is 9.90. The summed E-state index contributed by atoms with van der Waals surface area (Å²) >= 11 is 0. The Kier molecular flexibility index (Phi) is 2.92. The van der Waals surface area contributed by atoms with Gasteiger partial charge in [0.2, 0.25) is 0 Å². The average molecular weight is 265 g/mol. The largest absolute Gasteiger partial charge is 0.314 e. The number of piperidine rings is 1. The van der Waals surface area contributed by atoms with Crippen LogP contribution in [-0.2, 0) is 6.54 Å². The lowest BCUT2D eigenvalue weighted by atomic mass is 10.1. The Morgan fingerprint density at radius 2 is 1.95 bits per heavy atom. The molecule has 0 spiro atoms. The summed E-state index contributed by atoms with van der Waals surface area (Å²) in [6.45, 7) is 3.53. The zero-order chi connectivity index (χ0) is 13.4. The Bertz CT molecular complexity index is 738. The molecule has 3 aromatic rings. The number of likely N-dealkylation sites (tertiary alicyclic amines) is 1. The van der Waals surface area contributed by atoms with Crippen molar-refractivity contribution in [1.82, 2.24) is 14.3 Å². The molecular formula is C17H19N3. The van der Waals surface area contributed by atoms with Crippen LogP contribution in [0.1, 0.15) is 24.8 Å². The van der Waals surface area contributed by atoms with E-state index in [9.17, 15) is 0 Å². The molecule has 0 atom stereocenters. The molecule has 102 valence electrons. The molecule has 2 aromatic heterocycles. The molecule has 0 unspecified atom stereocenters. The van der Waals surface area contributed by atoms with E-state index >= 15 is 0 Å². The lowest BCUT2D eigenvalue weighted by Gasteiger charge is -2.26. The Hall–Kier alpha value is -1.87. The van der Waals surface area contributed by atoms with E-state index in [0.717, 1.165) is 17.6 Å². The first kappa shape index (κ1) is 11.9. The van der Waals surface area contributed by atoms with Crippen LogP contribution in [0.5, 0.6) is 0 Å². The van der Waals surface area contributed by atoms with Crippen molar-refractivity contribution in [2.24, 2.45) is 0 Å². The fourth-order valence-electron chi connectivity index (χ4n) is 3.20. The zero-order valence-electron chi connectivity index (χ0n) is 11.6. The summed E-state index contributed by atoms with van der Waals surface area (Å²) in [5.41, 5.74) is 4.80. The maximum Gasteiger partial charge on any atom is 0.0874 e. The van der Waals surface area contributed by atoms with Crippen LogP contribution in [0.3, 0.4) is 0 Å². The van der Waals surface area contributed by atoms with Gasteiger partial charge in [0.25, 0.3) is 0 Å². The van der Waals surface area contributed by atoms with Gasteiger partial charge in [-0.3, -0.25) is 9.88 Å². The first-order valence-corrected chi connectivity index (χ1v) is 7.47. The highest BCUT2D eigenvalue weighted by atomic mass is 15.1. The molecule has 20 heavy (non-hydrogen) atoms. The zero-order valence-corrected chi connectivity index (χ0v) is 11.6. The van der Waals surface area contributed by atoms with E-state index in [4.69, 9.17) is 0 Å². The lowest BCUT2D eigenvalue weighted by molar-refractivity contribution is 0.221. The Balaban J connectivity index is 1.69. The van der Waals surface area contributed by atoms with Crippen LogP contribution in [-0.4, -0.2) is 27.4 Å². The number of hydrogen-bond donors (Lipinski definition) is 0. The molecule has 3 nitrogen and oxygen atoms in total. The summed E-state index contributed by atoms with van der Waals surface area (Å²) in [4.78, 5) is 7.15. The topological polar surface area (TPSA) is 20.5 Å². The summed E-state index contributed by atoms with van der Waals surface area (Å²) < 4.78 is 2.20. The van der Waals surface area contributed by atoms with Gasteiger partial charge in [0.05, 0.1) is 22.7 Å². The van der Waals surface area contributed by atoms with Crippen LogP contribution in [0.25, 0.3) is 16.6 Å². The van der Waals surface area contributed by atoms with Gasteiger partial charge in [0.15, 0.2) is 0 Å². The van der Waals surface area contributed by atoms with Crippen LogP contribution in [0.4, 0.5) is 0 Å². The number of rotatable bonds is 2. The third-order valence-electron chi connectivity index (χ3n) is 4.27. The van der Waals surface area contributed by atoms with Crippen molar-refractivity contribution >= 4 is 16.6 Å². The van der Waals surface area contributed by atoms with E-state index in [0.29, 0.717) is 0 Å². The fraction of sp³-hybridized carbons (Fsp3) is 0.353. The minimum absolute atomic E-state index is 1.06. The van der Waals surface area contributed by atoms with Crippen LogP contribution in [0.15, 0.2) is 42.7 Å². The van der Waals surface area contributed by atoms with Gasteiger partial charge >= 0.3 is 0 Å². The molecule has 0 saturated carbocycles. The molecule has 0 N–H and O–H groups in total. The van der Waals surface area contributed by atoms with Crippen molar-refractivity contribution in [1.29, 1.82) is 0 Å². The van der Waals surface area contributed by atoms with Crippen molar-refractivity contribution in [3.8, 4) is 0 Å². The molecule has 1 aromatic carbocycles. The first-order valence-electron chi connectivity index (χ1n) is 7.47. The predicted molar refractivity (Wildman–Crippen MR) is 81.8 cm³/mol. The molecule has 3 heterocycles. The Morgan fingerprint density at radius 1 is 1.05 bits per heavy atom. The third-order valence-corrected chi connectivity index (χ3v) is 4.27. The quantitative estimate of drug-likeness (QED) is 0.707. The minimum atomic E-state index is 1.06. The van der Waals surface area contributed by atoms with Gasteiger partial charge in [0.1, 0.15) is 0 Å². The normalized spacial score (nSPS) is 17.0. The average Bonchev–Trinajstić information content (AvgIpc) is 2.97. The van der Waals surface area contributed by atoms with Gasteiger partial charge in [-0.05, 0) is 55.8 Å². The second-order valence-corrected chi connectivity index (χ2v) is 5.72. The predicted octanol–water partition coefficient (Wildman–Crippen LogP) is 3.47. The van der Waals surface area contributed by atoms with Gasteiger partial charge in [-0.2, -0.15) is 0 Å².